The lowest BCUT2D eigenvalue weighted by Crippen LogP contribution is -2.07. The Balaban J connectivity index is 2.14. The number of carbonyl (C=O) groups is 1. The topological polar surface area (TPSA) is 68.0 Å². The lowest BCUT2D eigenvalue weighted by Gasteiger charge is -2.04. The van der Waals surface area contributed by atoms with Crippen LogP contribution in [0, 0.1) is 0 Å². The third-order valence-electron chi connectivity index (χ3n) is 2.96. The van der Waals surface area contributed by atoms with Gasteiger partial charge in [-0.25, -0.2) is 9.48 Å². The molecule has 0 aliphatic carbocycles. The molecule has 1 N–H and O–H groups in total. The van der Waals surface area contributed by atoms with Crippen molar-refractivity contribution in [1.29, 1.82) is 0 Å². The molecule has 0 fully saturated rings. The highest BCUT2D eigenvalue weighted by molar-refractivity contribution is 6.30. The molecule has 1 aromatic carbocycles. The molecule has 6 heteroatoms. The van der Waals surface area contributed by atoms with Gasteiger partial charge in [0.1, 0.15) is 0 Å². The van der Waals surface area contributed by atoms with Crippen molar-refractivity contribution in [2.75, 3.05) is 0 Å². The third kappa shape index (κ3) is 2.64. The zero-order valence-electron chi connectivity index (χ0n) is 10.8. The summed E-state index contributed by atoms with van der Waals surface area (Å²) in [7, 11) is 0. The van der Waals surface area contributed by atoms with E-state index in [0.29, 0.717) is 16.4 Å². The maximum absolute atomic E-state index is 11.4. The van der Waals surface area contributed by atoms with Crippen molar-refractivity contribution >= 4 is 17.6 Å². The fourth-order valence-corrected chi connectivity index (χ4v) is 2.09. The first-order valence-corrected chi connectivity index (χ1v) is 6.52. The number of halogens is 1. The fourth-order valence-electron chi connectivity index (χ4n) is 1.97. The van der Waals surface area contributed by atoms with Gasteiger partial charge < -0.3 is 5.11 Å². The lowest BCUT2D eigenvalue weighted by atomic mass is 10.2. The van der Waals surface area contributed by atoms with Crippen molar-refractivity contribution in [3.05, 3.63) is 65.6 Å². The molecule has 21 heavy (non-hydrogen) atoms. The van der Waals surface area contributed by atoms with Crippen molar-refractivity contribution in [3.8, 4) is 16.9 Å². The van der Waals surface area contributed by atoms with Crippen LogP contribution in [0.4, 0.5) is 0 Å². The average molecular weight is 300 g/mol. The van der Waals surface area contributed by atoms with Gasteiger partial charge in [-0.3, -0.25) is 4.98 Å². The van der Waals surface area contributed by atoms with E-state index in [2.05, 4.69) is 10.1 Å². The Labute approximate surface area is 125 Å². The third-order valence-corrected chi connectivity index (χ3v) is 3.21. The largest absolute Gasteiger partial charge is 0.477 e. The van der Waals surface area contributed by atoms with Crippen LogP contribution in [0.15, 0.2) is 54.9 Å². The van der Waals surface area contributed by atoms with E-state index in [4.69, 9.17) is 11.6 Å². The molecule has 2 heterocycles. The highest BCUT2D eigenvalue weighted by Gasteiger charge is 2.16. The standard InChI is InChI=1S/C15H10ClN3O2/c16-11-3-5-12(6-4-11)19-14(15(20)21)8-13(18-19)10-2-1-7-17-9-10/h1-9H,(H,20,21). The summed E-state index contributed by atoms with van der Waals surface area (Å²) in [6.45, 7) is 0. The molecule has 0 saturated carbocycles. The summed E-state index contributed by atoms with van der Waals surface area (Å²) in [5.74, 6) is -1.05. The quantitative estimate of drug-likeness (QED) is 0.806. The summed E-state index contributed by atoms with van der Waals surface area (Å²) in [6, 6.07) is 11.9. The van der Waals surface area contributed by atoms with Gasteiger partial charge in [-0.05, 0) is 42.5 Å². The molecule has 0 bridgehead atoms. The molecule has 0 aliphatic heterocycles. The van der Waals surface area contributed by atoms with E-state index in [9.17, 15) is 9.90 Å². The molecule has 0 unspecified atom stereocenters. The molecule has 2 aromatic heterocycles. The van der Waals surface area contributed by atoms with Crippen LogP contribution in [0.2, 0.25) is 5.02 Å². The number of rotatable bonds is 3. The normalized spacial score (nSPS) is 10.5. The molecule has 0 aliphatic rings. The van der Waals surface area contributed by atoms with Gasteiger partial charge in [-0.15, -0.1) is 0 Å². The number of nitrogens with zero attached hydrogens (tertiary/aromatic N) is 3. The zero-order chi connectivity index (χ0) is 14.8. The fraction of sp³-hybridized carbons (Fsp3) is 0. The summed E-state index contributed by atoms with van der Waals surface area (Å²) in [5, 5.41) is 14.3. The smallest absolute Gasteiger partial charge is 0.354 e. The second-order valence-electron chi connectivity index (χ2n) is 4.35. The van der Waals surface area contributed by atoms with Crippen LogP contribution in [0.5, 0.6) is 0 Å². The second-order valence-corrected chi connectivity index (χ2v) is 4.79. The van der Waals surface area contributed by atoms with Crippen LogP contribution >= 0.6 is 11.6 Å². The van der Waals surface area contributed by atoms with E-state index < -0.39 is 5.97 Å². The Morgan fingerprint density at radius 3 is 2.57 bits per heavy atom. The molecule has 104 valence electrons. The average Bonchev–Trinajstić information content (AvgIpc) is 2.94. The minimum atomic E-state index is -1.05. The Kier molecular flexibility index (Phi) is 3.41. The Morgan fingerprint density at radius 2 is 1.95 bits per heavy atom. The lowest BCUT2D eigenvalue weighted by molar-refractivity contribution is 0.0687. The van der Waals surface area contributed by atoms with E-state index in [1.807, 2.05) is 6.07 Å². The Hall–Kier alpha value is -2.66. The van der Waals surface area contributed by atoms with E-state index in [0.717, 1.165) is 5.56 Å². The first kappa shape index (κ1) is 13.3. The maximum Gasteiger partial charge on any atom is 0.354 e. The number of aromatic nitrogens is 3. The predicted octanol–water partition coefficient (Wildman–Crippen LogP) is 3.29. The Bertz CT molecular complexity index is 782. The molecule has 0 spiro atoms. The SMILES string of the molecule is O=C(O)c1cc(-c2cccnc2)nn1-c1ccc(Cl)cc1. The monoisotopic (exact) mass is 299 g/mol. The first-order chi connectivity index (χ1) is 10.1. The first-order valence-electron chi connectivity index (χ1n) is 6.15. The molecule has 0 saturated heterocycles. The molecule has 0 amide bonds. The van der Waals surface area contributed by atoms with E-state index in [1.165, 1.54) is 10.7 Å². The molecule has 0 atom stereocenters. The molecule has 0 radical (unpaired) electrons. The Morgan fingerprint density at radius 1 is 1.19 bits per heavy atom. The molecule has 3 aromatic rings. The summed E-state index contributed by atoms with van der Waals surface area (Å²) >= 11 is 5.85. The number of hydrogen-bond acceptors (Lipinski definition) is 3. The maximum atomic E-state index is 11.4. The van der Waals surface area contributed by atoms with Crippen LogP contribution in [0.1, 0.15) is 10.5 Å². The molecular formula is C15H10ClN3O2. The predicted molar refractivity (Wildman–Crippen MR) is 78.8 cm³/mol. The van der Waals surface area contributed by atoms with Gasteiger partial charge in [-0.1, -0.05) is 11.6 Å². The van der Waals surface area contributed by atoms with Crippen LogP contribution in [0.3, 0.4) is 0 Å². The van der Waals surface area contributed by atoms with Gasteiger partial charge in [0.2, 0.25) is 0 Å². The van der Waals surface area contributed by atoms with Crippen LogP contribution in [-0.2, 0) is 0 Å². The van der Waals surface area contributed by atoms with Crippen molar-refractivity contribution in [2.24, 2.45) is 0 Å². The number of pyridine rings is 1. The van der Waals surface area contributed by atoms with Crippen molar-refractivity contribution < 1.29 is 9.90 Å². The zero-order valence-corrected chi connectivity index (χ0v) is 11.5. The minimum Gasteiger partial charge on any atom is -0.477 e. The van der Waals surface area contributed by atoms with Gasteiger partial charge >= 0.3 is 5.97 Å². The van der Waals surface area contributed by atoms with Gasteiger partial charge in [0, 0.05) is 23.0 Å². The van der Waals surface area contributed by atoms with Crippen molar-refractivity contribution in [3.63, 3.8) is 0 Å². The highest BCUT2D eigenvalue weighted by atomic mass is 35.5. The van der Waals surface area contributed by atoms with Crippen LogP contribution in [-0.4, -0.2) is 25.8 Å². The van der Waals surface area contributed by atoms with Gasteiger partial charge in [0.15, 0.2) is 5.69 Å². The summed E-state index contributed by atoms with van der Waals surface area (Å²) < 4.78 is 1.38. The molecule has 5 nitrogen and oxygen atoms in total. The van der Waals surface area contributed by atoms with E-state index in [-0.39, 0.29) is 5.69 Å². The number of carboxylic acid groups (broad SMARTS) is 1. The second kappa shape index (κ2) is 5.38. The summed E-state index contributed by atoms with van der Waals surface area (Å²) in [6.07, 6.45) is 3.29. The van der Waals surface area contributed by atoms with Gasteiger partial charge in [0.05, 0.1) is 11.4 Å². The number of benzene rings is 1. The minimum absolute atomic E-state index is 0.0798. The number of carboxylic acids is 1. The van der Waals surface area contributed by atoms with Crippen LogP contribution in [0.25, 0.3) is 16.9 Å². The van der Waals surface area contributed by atoms with Crippen molar-refractivity contribution in [1.82, 2.24) is 14.8 Å². The van der Waals surface area contributed by atoms with Gasteiger partial charge in [0.25, 0.3) is 0 Å². The molecular weight excluding hydrogens is 290 g/mol. The number of aromatic carboxylic acids is 1. The van der Waals surface area contributed by atoms with E-state index >= 15 is 0 Å². The molecule has 3 rings (SSSR count). The van der Waals surface area contributed by atoms with Crippen molar-refractivity contribution in [2.45, 2.75) is 0 Å². The summed E-state index contributed by atoms with van der Waals surface area (Å²) in [4.78, 5) is 15.4. The van der Waals surface area contributed by atoms with Crippen LogP contribution < -0.4 is 0 Å². The number of hydrogen-bond donors (Lipinski definition) is 1. The van der Waals surface area contributed by atoms with E-state index in [1.54, 1.807) is 42.7 Å². The highest BCUT2D eigenvalue weighted by Crippen LogP contribution is 2.22. The van der Waals surface area contributed by atoms with Gasteiger partial charge in [-0.2, -0.15) is 5.10 Å². The summed E-state index contributed by atoms with van der Waals surface area (Å²) in [5.41, 5.74) is 2.02.